The highest BCUT2D eigenvalue weighted by molar-refractivity contribution is 5.85. The lowest BCUT2D eigenvalue weighted by Crippen LogP contribution is -2.13. The maximum Gasteiger partial charge on any atom is 0.336 e. The van der Waals surface area contributed by atoms with Gasteiger partial charge in [0.25, 0.3) is 0 Å². The standard InChI is InChI=1S/C15H14O4/c1-8(2)11-7-10-14-9(4-5-13(16)19-14)6-12(17-3)15(10)18-11/h4-6,11H,1,7H2,2-3H3/t11-/m1/s1. The lowest BCUT2D eigenvalue weighted by Gasteiger charge is -2.11. The minimum atomic E-state index is -0.362. The summed E-state index contributed by atoms with van der Waals surface area (Å²) in [7, 11) is 1.60. The van der Waals surface area contributed by atoms with Gasteiger partial charge in [-0.2, -0.15) is 0 Å². The summed E-state index contributed by atoms with van der Waals surface area (Å²) >= 11 is 0. The second kappa shape index (κ2) is 4.16. The van der Waals surface area contributed by atoms with Crippen LogP contribution in [0.15, 0.2) is 39.6 Å². The lowest BCUT2D eigenvalue weighted by atomic mass is 10.0. The fraction of sp³-hybridized carbons (Fsp3) is 0.267. The Morgan fingerprint density at radius 3 is 2.95 bits per heavy atom. The monoisotopic (exact) mass is 258 g/mol. The average Bonchev–Trinajstić information content (AvgIpc) is 2.83. The van der Waals surface area contributed by atoms with Crippen molar-refractivity contribution in [2.75, 3.05) is 7.11 Å². The smallest absolute Gasteiger partial charge is 0.336 e. The van der Waals surface area contributed by atoms with Crippen LogP contribution in [0.4, 0.5) is 0 Å². The first kappa shape index (κ1) is 11.8. The van der Waals surface area contributed by atoms with Crippen LogP contribution in [-0.2, 0) is 6.42 Å². The van der Waals surface area contributed by atoms with Gasteiger partial charge in [-0.3, -0.25) is 0 Å². The molecule has 1 aromatic carbocycles. The van der Waals surface area contributed by atoms with Crippen molar-refractivity contribution < 1.29 is 13.9 Å². The van der Waals surface area contributed by atoms with E-state index >= 15 is 0 Å². The second-order valence-corrected chi connectivity index (χ2v) is 4.72. The molecular formula is C15H14O4. The number of methoxy groups -OCH3 is 1. The molecule has 0 bridgehead atoms. The van der Waals surface area contributed by atoms with Gasteiger partial charge in [-0.1, -0.05) is 6.58 Å². The Morgan fingerprint density at radius 1 is 1.47 bits per heavy atom. The summed E-state index contributed by atoms with van der Waals surface area (Å²) in [6, 6.07) is 4.95. The van der Waals surface area contributed by atoms with Gasteiger partial charge in [-0.15, -0.1) is 0 Å². The van der Waals surface area contributed by atoms with Gasteiger partial charge in [0.05, 0.1) is 7.11 Å². The van der Waals surface area contributed by atoms with Gasteiger partial charge in [0.1, 0.15) is 11.7 Å². The molecule has 1 atom stereocenters. The number of rotatable bonds is 2. The highest BCUT2D eigenvalue weighted by Gasteiger charge is 2.30. The van der Waals surface area contributed by atoms with E-state index in [0.29, 0.717) is 23.5 Å². The van der Waals surface area contributed by atoms with Crippen molar-refractivity contribution in [3.05, 3.63) is 46.3 Å². The predicted molar refractivity (Wildman–Crippen MR) is 72.0 cm³/mol. The average molecular weight is 258 g/mol. The molecule has 1 aliphatic heterocycles. The molecule has 2 aromatic rings. The first-order chi connectivity index (χ1) is 9.10. The normalized spacial score (nSPS) is 17.1. The van der Waals surface area contributed by atoms with E-state index in [1.54, 1.807) is 13.2 Å². The third kappa shape index (κ3) is 1.80. The van der Waals surface area contributed by atoms with E-state index < -0.39 is 0 Å². The van der Waals surface area contributed by atoms with Crippen LogP contribution < -0.4 is 15.1 Å². The van der Waals surface area contributed by atoms with E-state index in [9.17, 15) is 4.79 Å². The molecule has 0 amide bonds. The number of hydrogen-bond acceptors (Lipinski definition) is 4. The topological polar surface area (TPSA) is 48.7 Å². The Morgan fingerprint density at radius 2 is 2.26 bits per heavy atom. The van der Waals surface area contributed by atoms with Gasteiger partial charge in [-0.05, 0) is 24.6 Å². The minimum absolute atomic E-state index is 0.0972. The molecule has 19 heavy (non-hydrogen) atoms. The van der Waals surface area contributed by atoms with Crippen molar-refractivity contribution >= 4 is 11.0 Å². The fourth-order valence-corrected chi connectivity index (χ4v) is 2.35. The van der Waals surface area contributed by atoms with Gasteiger partial charge >= 0.3 is 5.63 Å². The molecule has 2 heterocycles. The molecule has 0 aliphatic carbocycles. The Hall–Kier alpha value is -2.23. The Labute approximate surface area is 110 Å². The minimum Gasteiger partial charge on any atom is -0.493 e. The second-order valence-electron chi connectivity index (χ2n) is 4.72. The molecule has 1 aliphatic rings. The SMILES string of the molecule is C=C(C)[C@H]1Cc2c(c(OC)cc3ccc(=O)oc23)O1. The molecule has 0 fully saturated rings. The summed E-state index contributed by atoms with van der Waals surface area (Å²) in [5.74, 6) is 1.30. The van der Waals surface area contributed by atoms with Crippen LogP contribution in [0.5, 0.6) is 11.5 Å². The number of hydrogen-bond donors (Lipinski definition) is 0. The molecular weight excluding hydrogens is 244 g/mol. The van der Waals surface area contributed by atoms with Crippen LogP contribution >= 0.6 is 0 Å². The van der Waals surface area contributed by atoms with E-state index in [1.807, 2.05) is 13.0 Å². The zero-order valence-electron chi connectivity index (χ0n) is 10.9. The molecule has 0 N–H and O–H groups in total. The van der Waals surface area contributed by atoms with Gasteiger partial charge in [0.2, 0.25) is 0 Å². The van der Waals surface area contributed by atoms with E-state index in [4.69, 9.17) is 13.9 Å². The van der Waals surface area contributed by atoms with Gasteiger partial charge < -0.3 is 13.9 Å². The van der Waals surface area contributed by atoms with Crippen molar-refractivity contribution in [1.29, 1.82) is 0 Å². The molecule has 0 saturated carbocycles. The van der Waals surface area contributed by atoms with Crippen molar-refractivity contribution in [2.45, 2.75) is 19.4 Å². The maximum atomic E-state index is 11.4. The van der Waals surface area contributed by atoms with E-state index in [-0.39, 0.29) is 11.7 Å². The highest BCUT2D eigenvalue weighted by atomic mass is 16.5. The van der Waals surface area contributed by atoms with Crippen LogP contribution in [0.3, 0.4) is 0 Å². The lowest BCUT2D eigenvalue weighted by molar-refractivity contribution is 0.258. The molecule has 3 rings (SSSR count). The quantitative estimate of drug-likeness (QED) is 0.614. The molecule has 98 valence electrons. The summed E-state index contributed by atoms with van der Waals surface area (Å²) in [5.41, 5.74) is 2.02. The van der Waals surface area contributed by atoms with E-state index in [2.05, 4.69) is 6.58 Å². The maximum absolute atomic E-state index is 11.4. The van der Waals surface area contributed by atoms with Crippen molar-refractivity contribution in [3.8, 4) is 11.5 Å². The molecule has 0 saturated heterocycles. The van der Waals surface area contributed by atoms with Gasteiger partial charge in [0, 0.05) is 23.4 Å². The number of ether oxygens (including phenoxy) is 2. The summed E-state index contributed by atoms with van der Waals surface area (Å²) in [4.78, 5) is 11.4. The summed E-state index contributed by atoms with van der Waals surface area (Å²) in [6.45, 7) is 5.83. The van der Waals surface area contributed by atoms with Crippen LogP contribution in [-0.4, -0.2) is 13.2 Å². The van der Waals surface area contributed by atoms with Crippen molar-refractivity contribution in [2.24, 2.45) is 0 Å². The Balaban J connectivity index is 2.28. The van der Waals surface area contributed by atoms with Crippen LogP contribution in [0.25, 0.3) is 11.0 Å². The largest absolute Gasteiger partial charge is 0.493 e. The third-order valence-electron chi connectivity index (χ3n) is 3.34. The number of fused-ring (bicyclic) bond motifs is 3. The first-order valence-corrected chi connectivity index (χ1v) is 6.06. The zero-order chi connectivity index (χ0) is 13.6. The number of benzene rings is 1. The Bertz CT molecular complexity index is 727. The van der Waals surface area contributed by atoms with Crippen LogP contribution in [0.2, 0.25) is 0 Å². The van der Waals surface area contributed by atoms with E-state index in [1.165, 1.54) is 6.07 Å². The summed E-state index contributed by atoms with van der Waals surface area (Å²) in [5, 5.41) is 0.834. The Kier molecular flexibility index (Phi) is 2.59. The van der Waals surface area contributed by atoms with Crippen molar-refractivity contribution in [1.82, 2.24) is 0 Å². The molecule has 0 radical (unpaired) electrons. The van der Waals surface area contributed by atoms with Gasteiger partial charge in [-0.25, -0.2) is 4.79 Å². The summed E-state index contributed by atoms with van der Waals surface area (Å²) < 4.78 is 16.5. The molecule has 1 aromatic heterocycles. The molecule has 4 heteroatoms. The van der Waals surface area contributed by atoms with E-state index in [0.717, 1.165) is 16.5 Å². The predicted octanol–water partition coefficient (Wildman–Crippen LogP) is 2.68. The fourth-order valence-electron chi connectivity index (χ4n) is 2.35. The summed E-state index contributed by atoms with van der Waals surface area (Å²) in [6.07, 6.45) is 0.547. The van der Waals surface area contributed by atoms with Crippen molar-refractivity contribution in [3.63, 3.8) is 0 Å². The van der Waals surface area contributed by atoms with Crippen LogP contribution in [0.1, 0.15) is 12.5 Å². The van der Waals surface area contributed by atoms with Gasteiger partial charge in [0.15, 0.2) is 11.5 Å². The zero-order valence-corrected chi connectivity index (χ0v) is 10.9. The molecule has 0 unspecified atom stereocenters. The third-order valence-corrected chi connectivity index (χ3v) is 3.34. The first-order valence-electron chi connectivity index (χ1n) is 6.06. The highest BCUT2D eigenvalue weighted by Crippen LogP contribution is 2.43. The van der Waals surface area contributed by atoms with Crippen LogP contribution in [0, 0.1) is 0 Å². The molecule has 4 nitrogen and oxygen atoms in total. The molecule has 0 spiro atoms.